The molecule has 2 bridgehead atoms. The predicted octanol–water partition coefficient (Wildman–Crippen LogP) is 3.77. The van der Waals surface area contributed by atoms with Crippen LogP contribution >= 0.6 is 0 Å². The highest BCUT2D eigenvalue weighted by Gasteiger charge is 2.42. The van der Waals surface area contributed by atoms with Crippen molar-refractivity contribution >= 4 is 29.2 Å². The first-order valence-corrected chi connectivity index (χ1v) is 12.2. The van der Waals surface area contributed by atoms with Gasteiger partial charge < -0.3 is 20.9 Å². The zero-order chi connectivity index (χ0) is 23.9. The number of hydrogen-bond donors (Lipinski definition) is 3. The fourth-order valence-corrected chi connectivity index (χ4v) is 5.08. The minimum Gasteiger partial charge on any atom is -0.350 e. The van der Waals surface area contributed by atoms with Crippen LogP contribution in [0.15, 0.2) is 48.8 Å². The lowest BCUT2D eigenvalue weighted by Gasteiger charge is -2.33. The fraction of sp³-hybridized carbons (Fsp3) is 0.385. The molecule has 3 fully saturated rings. The zero-order valence-electron chi connectivity index (χ0n) is 20.0. The number of anilines is 4. The number of aromatic nitrogens is 3. The molecule has 1 aromatic carbocycles. The summed E-state index contributed by atoms with van der Waals surface area (Å²) in [5, 5.41) is 9.09. The normalized spacial score (nSPS) is 21.3. The van der Waals surface area contributed by atoms with Gasteiger partial charge in [0.1, 0.15) is 5.82 Å². The summed E-state index contributed by atoms with van der Waals surface area (Å²) in [7, 11) is 2.21. The Balaban J connectivity index is 1.12. The number of pyridine rings is 1. The Morgan fingerprint density at radius 2 is 1.86 bits per heavy atom. The Kier molecular flexibility index (Phi) is 5.49. The lowest BCUT2D eigenvalue weighted by Crippen LogP contribution is -2.45. The summed E-state index contributed by atoms with van der Waals surface area (Å²) in [6.07, 6.45) is 6.96. The maximum absolute atomic E-state index is 11.9. The number of nitrogens with one attached hydrogen (secondary N) is 3. The molecule has 0 spiro atoms. The first-order valence-electron chi connectivity index (χ1n) is 12.2. The minimum absolute atomic E-state index is 0.159. The van der Waals surface area contributed by atoms with E-state index in [1.807, 2.05) is 36.5 Å². The number of nitrogens with zero attached hydrogens (tertiary/aromatic N) is 5. The van der Waals surface area contributed by atoms with Crippen LogP contribution in [0, 0.1) is 6.92 Å². The van der Waals surface area contributed by atoms with Crippen molar-refractivity contribution in [3.63, 3.8) is 0 Å². The monoisotopic (exact) mass is 470 g/mol. The minimum atomic E-state index is -0.159. The Morgan fingerprint density at radius 1 is 1.03 bits per heavy atom. The van der Waals surface area contributed by atoms with Crippen LogP contribution in [-0.4, -0.2) is 64.1 Å². The number of hydrogen-bond acceptors (Lipinski definition) is 7. The van der Waals surface area contributed by atoms with Crippen LogP contribution in [0.25, 0.3) is 11.3 Å². The number of piperazine rings is 1. The smallest absolute Gasteiger partial charge is 0.319 e. The van der Waals surface area contributed by atoms with Crippen molar-refractivity contribution in [2.75, 3.05) is 35.7 Å². The average molecular weight is 471 g/mol. The summed E-state index contributed by atoms with van der Waals surface area (Å²) in [5.41, 5.74) is 4.51. The molecule has 2 aromatic heterocycles. The topological polar surface area (TPSA) is 98.3 Å². The lowest BCUT2D eigenvalue weighted by molar-refractivity contribution is 0.251. The summed E-state index contributed by atoms with van der Waals surface area (Å²) in [6.45, 7) is 4.27. The van der Waals surface area contributed by atoms with Gasteiger partial charge in [0.05, 0.1) is 17.6 Å². The van der Waals surface area contributed by atoms with Gasteiger partial charge in [-0.25, -0.2) is 19.7 Å². The average Bonchev–Trinajstić information content (AvgIpc) is 3.45. The third kappa shape index (κ3) is 4.64. The molecule has 2 atom stereocenters. The fourth-order valence-electron chi connectivity index (χ4n) is 5.08. The summed E-state index contributed by atoms with van der Waals surface area (Å²) >= 11 is 0. The Hall–Kier alpha value is -3.72. The first kappa shape index (κ1) is 21.8. The molecule has 1 aliphatic carbocycles. The molecule has 180 valence electrons. The number of urea groups is 1. The van der Waals surface area contributed by atoms with E-state index in [0.29, 0.717) is 24.1 Å². The molecular formula is C26H30N8O. The van der Waals surface area contributed by atoms with Gasteiger partial charge in [-0.2, -0.15) is 0 Å². The van der Waals surface area contributed by atoms with E-state index in [0.717, 1.165) is 59.9 Å². The van der Waals surface area contributed by atoms with E-state index in [4.69, 9.17) is 4.98 Å². The molecule has 2 aliphatic heterocycles. The number of fused-ring (bicyclic) bond motifs is 2. The van der Waals surface area contributed by atoms with Crippen LogP contribution in [0.5, 0.6) is 0 Å². The Labute approximate surface area is 205 Å². The van der Waals surface area contributed by atoms with E-state index in [2.05, 4.69) is 55.8 Å². The second-order valence-corrected chi connectivity index (χ2v) is 9.84. The standard InChI is InChI=1S/C26H30N8O/c1-16-11-20(13-28-24(16)34-15-21-12-22(34)14-33(21)2)29-25-27-10-9-23(32-25)17-3-5-18(6-4-17)30-26(35)31-19-7-8-19/h3-6,9-11,13,19,21-22H,7-8,12,14-15H2,1-2H3,(H,27,29,32)(H2,30,31,35). The molecule has 2 saturated heterocycles. The van der Waals surface area contributed by atoms with E-state index in [9.17, 15) is 4.79 Å². The Morgan fingerprint density at radius 3 is 2.54 bits per heavy atom. The number of likely N-dealkylation sites (tertiary alicyclic amines) is 1. The maximum atomic E-state index is 11.9. The zero-order valence-corrected chi connectivity index (χ0v) is 20.0. The SMILES string of the molecule is Cc1cc(Nc2nccc(-c3ccc(NC(=O)NC4CC4)cc3)n2)cnc1N1CC2CC1CN2C. The van der Waals surface area contributed by atoms with E-state index >= 15 is 0 Å². The summed E-state index contributed by atoms with van der Waals surface area (Å²) in [5.74, 6) is 1.59. The van der Waals surface area contributed by atoms with Crippen LogP contribution in [0.3, 0.4) is 0 Å². The summed E-state index contributed by atoms with van der Waals surface area (Å²) in [4.78, 5) is 30.7. The van der Waals surface area contributed by atoms with Gasteiger partial charge in [-0.15, -0.1) is 0 Å². The molecule has 6 rings (SSSR count). The van der Waals surface area contributed by atoms with Gasteiger partial charge in [0.25, 0.3) is 0 Å². The van der Waals surface area contributed by atoms with Crippen molar-refractivity contribution in [2.45, 2.75) is 44.3 Å². The molecule has 3 aromatic rings. The summed E-state index contributed by atoms with van der Waals surface area (Å²) in [6, 6.07) is 13.0. The molecule has 2 amide bonds. The van der Waals surface area contributed by atoms with Crippen LogP contribution in [0.2, 0.25) is 0 Å². The van der Waals surface area contributed by atoms with E-state index in [1.54, 1.807) is 6.20 Å². The highest BCUT2D eigenvalue weighted by atomic mass is 16.2. The quantitative estimate of drug-likeness (QED) is 0.504. The number of likely N-dealkylation sites (N-methyl/N-ethyl adjacent to an activating group) is 1. The predicted molar refractivity (Wildman–Crippen MR) is 137 cm³/mol. The lowest BCUT2D eigenvalue weighted by atomic mass is 10.1. The van der Waals surface area contributed by atoms with Crippen LogP contribution in [0.4, 0.5) is 27.9 Å². The summed E-state index contributed by atoms with van der Waals surface area (Å²) < 4.78 is 0. The van der Waals surface area contributed by atoms with Gasteiger partial charge in [-0.1, -0.05) is 12.1 Å². The number of carbonyl (C=O) groups excluding carboxylic acids is 1. The number of carbonyl (C=O) groups is 1. The van der Waals surface area contributed by atoms with Crippen molar-refractivity contribution < 1.29 is 4.79 Å². The molecule has 9 nitrogen and oxygen atoms in total. The molecular weight excluding hydrogens is 440 g/mol. The molecule has 1 saturated carbocycles. The number of benzene rings is 1. The molecule has 3 N–H and O–H groups in total. The van der Waals surface area contributed by atoms with Crippen LogP contribution in [0.1, 0.15) is 24.8 Å². The number of rotatable bonds is 6. The van der Waals surface area contributed by atoms with Crippen molar-refractivity contribution in [3.05, 3.63) is 54.4 Å². The van der Waals surface area contributed by atoms with E-state index in [-0.39, 0.29) is 6.03 Å². The van der Waals surface area contributed by atoms with Gasteiger partial charge in [0.2, 0.25) is 5.95 Å². The van der Waals surface area contributed by atoms with Gasteiger partial charge in [0, 0.05) is 48.7 Å². The number of aryl methyl sites for hydroxylation is 1. The van der Waals surface area contributed by atoms with Gasteiger partial charge in [-0.3, -0.25) is 4.90 Å². The van der Waals surface area contributed by atoms with Crippen molar-refractivity contribution in [1.29, 1.82) is 0 Å². The van der Waals surface area contributed by atoms with Crippen molar-refractivity contribution in [3.8, 4) is 11.3 Å². The van der Waals surface area contributed by atoms with Crippen molar-refractivity contribution in [2.24, 2.45) is 0 Å². The van der Waals surface area contributed by atoms with Gasteiger partial charge in [-0.05, 0) is 63.1 Å². The van der Waals surface area contributed by atoms with E-state index in [1.165, 1.54) is 6.42 Å². The number of amides is 2. The molecule has 9 heteroatoms. The maximum Gasteiger partial charge on any atom is 0.319 e. The van der Waals surface area contributed by atoms with Crippen LogP contribution < -0.4 is 20.9 Å². The largest absolute Gasteiger partial charge is 0.350 e. The highest BCUT2D eigenvalue weighted by molar-refractivity contribution is 5.89. The molecule has 2 unspecified atom stereocenters. The third-order valence-corrected chi connectivity index (χ3v) is 7.10. The second-order valence-electron chi connectivity index (χ2n) is 9.84. The molecule has 4 heterocycles. The Bertz CT molecular complexity index is 1240. The second kappa shape index (κ2) is 8.81. The van der Waals surface area contributed by atoms with Crippen LogP contribution in [-0.2, 0) is 0 Å². The van der Waals surface area contributed by atoms with Crippen molar-refractivity contribution in [1.82, 2.24) is 25.2 Å². The molecule has 3 aliphatic rings. The van der Waals surface area contributed by atoms with Gasteiger partial charge in [0.15, 0.2) is 0 Å². The molecule has 35 heavy (non-hydrogen) atoms. The van der Waals surface area contributed by atoms with E-state index < -0.39 is 0 Å². The highest BCUT2D eigenvalue weighted by Crippen LogP contribution is 2.34. The first-order chi connectivity index (χ1) is 17.0. The molecule has 0 radical (unpaired) electrons. The van der Waals surface area contributed by atoms with Gasteiger partial charge >= 0.3 is 6.03 Å². The third-order valence-electron chi connectivity index (χ3n) is 7.10.